The average molecular weight is 318 g/mol. The summed E-state index contributed by atoms with van der Waals surface area (Å²) in [6, 6.07) is 5.64. The third kappa shape index (κ3) is 3.53. The van der Waals surface area contributed by atoms with E-state index < -0.39 is 10.8 Å². The van der Waals surface area contributed by atoms with Gasteiger partial charge in [0, 0.05) is 33.1 Å². The van der Waals surface area contributed by atoms with E-state index in [1.165, 1.54) is 0 Å². The molecule has 0 bridgehead atoms. The Balaban J connectivity index is 1.97. The summed E-state index contributed by atoms with van der Waals surface area (Å²) in [7, 11) is -0.916. The van der Waals surface area contributed by atoms with Crippen LogP contribution in [-0.2, 0) is 21.3 Å². The van der Waals surface area contributed by atoms with E-state index in [-0.39, 0.29) is 6.10 Å². The first kappa shape index (κ1) is 13.1. The Morgan fingerprint density at radius 3 is 3.00 bits per heavy atom. The number of hydrogen-bond donors (Lipinski definition) is 1. The van der Waals surface area contributed by atoms with Gasteiger partial charge in [0.05, 0.1) is 17.6 Å². The molecule has 2 rings (SSSR count). The van der Waals surface area contributed by atoms with E-state index in [0.717, 1.165) is 29.5 Å². The first-order chi connectivity index (χ1) is 8.16. The molecule has 5 heteroatoms. The van der Waals surface area contributed by atoms with E-state index >= 15 is 0 Å². The van der Waals surface area contributed by atoms with E-state index in [1.807, 2.05) is 18.2 Å². The minimum Gasteiger partial charge on any atom is -0.398 e. The number of rotatable bonds is 4. The number of ether oxygens (including phenoxy) is 1. The van der Waals surface area contributed by atoms with E-state index in [9.17, 15) is 4.21 Å². The van der Waals surface area contributed by atoms with Gasteiger partial charge in [-0.1, -0.05) is 22.0 Å². The summed E-state index contributed by atoms with van der Waals surface area (Å²) in [5.74, 6) is 1.11. The molecule has 1 fully saturated rings. The number of anilines is 1. The molecule has 17 heavy (non-hydrogen) atoms. The van der Waals surface area contributed by atoms with Gasteiger partial charge in [-0.05, 0) is 25.0 Å². The molecule has 0 aliphatic carbocycles. The van der Waals surface area contributed by atoms with Crippen molar-refractivity contribution in [2.75, 3.05) is 18.1 Å². The highest BCUT2D eigenvalue weighted by atomic mass is 79.9. The first-order valence-corrected chi connectivity index (χ1v) is 7.94. The van der Waals surface area contributed by atoms with Crippen molar-refractivity contribution >= 4 is 32.4 Å². The smallest absolute Gasteiger partial charge is 0.0691 e. The first-order valence-electron chi connectivity index (χ1n) is 5.66. The average Bonchev–Trinajstić information content (AvgIpc) is 2.76. The zero-order valence-electron chi connectivity index (χ0n) is 9.52. The summed E-state index contributed by atoms with van der Waals surface area (Å²) in [6.07, 6.45) is 2.27. The predicted octanol–water partition coefficient (Wildman–Crippen LogP) is 2.46. The van der Waals surface area contributed by atoms with E-state index in [1.54, 1.807) is 0 Å². The van der Waals surface area contributed by atoms with Crippen LogP contribution in [0.5, 0.6) is 0 Å². The Hall–Kier alpha value is -0.390. The maximum atomic E-state index is 12.0. The van der Waals surface area contributed by atoms with Crippen LogP contribution < -0.4 is 5.73 Å². The molecule has 94 valence electrons. The quantitative estimate of drug-likeness (QED) is 0.868. The third-order valence-corrected chi connectivity index (χ3v) is 4.95. The zero-order valence-corrected chi connectivity index (χ0v) is 11.9. The highest BCUT2D eigenvalue weighted by molar-refractivity contribution is 9.10. The molecule has 2 N–H and O–H groups in total. The van der Waals surface area contributed by atoms with Crippen LogP contribution in [0.3, 0.4) is 0 Å². The number of benzene rings is 1. The fourth-order valence-electron chi connectivity index (χ4n) is 1.93. The maximum Gasteiger partial charge on any atom is 0.0691 e. The maximum absolute atomic E-state index is 12.0. The Morgan fingerprint density at radius 1 is 1.53 bits per heavy atom. The second-order valence-corrected chi connectivity index (χ2v) is 6.55. The molecule has 0 spiro atoms. The Kier molecular flexibility index (Phi) is 4.59. The second-order valence-electron chi connectivity index (χ2n) is 4.19. The Labute approximate surface area is 112 Å². The fraction of sp³-hybridized carbons (Fsp3) is 0.500. The summed E-state index contributed by atoms with van der Waals surface area (Å²) >= 11 is 3.44. The van der Waals surface area contributed by atoms with E-state index in [4.69, 9.17) is 10.5 Å². The van der Waals surface area contributed by atoms with Crippen molar-refractivity contribution in [3.8, 4) is 0 Å². The van der Waals surface area contributed by atoms with Gasteiger partial charge in [0.25, 0.3) is 0 Å². The van der Waals surface area contributed by atoms with Crippen molar-refractivity contribution in [3.05, 3.63) is 28.2 Å². The number of hydrogen-bond acceptors (Lipinski definition) is 3. The van der Waals surface area contributed by atoms with Crippen LogP contribution in [-0.4, -0.2) is 22.7 Å². The van der Waals surface area contributed by atoms with Crippen molar-refractivity contribution < 1.29 is 8.95 Å². The van der Waals surface area contributed by atoms with Crippen LogP contribution in [0.1, 0.15) is 18.4 Å². The molecule has 3 nitrogen and oxygen atoms in total. The van der Waals surface area contributed by atoms with Gasteiger partial charge >= 0.3 is 0 Å². The van der Waals surface area contributed by atoms with Crippen LogP contribution >= 0.6 is 15.9 Å². The highest BCUT2D eigenvalue weighted by Gasteiger charge is 2.19. The monoisotopic (exact) mass is 317 g/mol. The van der Waals surface area contributed by atoms with Gasteiger partial charge in [0.2, 0.25) is 0 Å². The lowest BCUT2D eigenvalue weighted by atomic mass is 10.2. The molecule has 1 aliphatic rings. The van der Waals surface area contributed by atoms with Gasteiger partial charge in [-0.25, -0.2) is 0 Å². The lowest BCUT2D eigenvalue weighted by molar-refractivity contribution is 0.128. The number of halogens is 1. The molecule has 1 aromatic carbocycles. The number of nitrogen functional groups attached to an aromatic ring is 1. The molecule has 0 aromatic heterocycles. The SMILES string of the molecule is Nc1cccc(Br)c1CS(=O)CC1CCCO1. The van der Waals surface area contributed by atoms with Gasteiger partial charge in [-0.3, -0.25) is 4.21 Å². The fourth-order valence-corrected chi connectivity index (χ4v) is 4.08. The Morgan fingerprint density at radius 2 is 2.35 bits per heavy atom. The van der Waals surface area contributed by atoms with Crippen LogP contribution in [0.15, 0.2) is 22.7 Å². The van der Waals surface area contributed by atoms with Gasteiger partial charge in [-0.15, -0.1) is 0 Å². The van der Waals surface area contributed by atoms with E-state index in [0.29, 0.717) is 17.2 Å². The predicted molar refractivity (Wildman–Crippen MR) is 74.2 cm³/mol. The minimum absolute atomic E-state index is 0.166. The minimum atomic E-state index is -0.916. The van der Waals surface area contributed by atoms with Gasteiger partial charge in [0.15, 0.2) is 0 Å². The van der Waals surface area contributed by atoms with Crippen LogP contribution in [0.2, 0.25) is 0 Å². The van der Waals surface area contributed by atoms with Crippen molar-refractivity contribution in [2.24, 2.45) is 0 Å². The molecule has 0 amide bonds. The summed E-state index contributed by atoms with van der Waals surface area (Å²) in [6.45, 7) is 0.805. The van der Waals surface area contributed by atoms with Crippen LogP contribution in [0.4, 0.5) is 5.69 Å². The van der Waals surface area contributed by atoms with Crippen molar-refractivity contribution in [1.82, 2.24) is 0 Å². The summed E-state index contributed by atoms with van der Waals surface area (Å²) in [5.41, 5.74) is 7.51. The molecule has 2 unspecified atom stereocenters. The lowest BCUT2D eigenvalue weighted by Gasteiger charge is -2.11. The van der Waals surface area contributed by atoms with Crippen molar-refractivity contribution in [1.29, 1.82) is 0 Å². The summed E-state index contributed by atoms with van der Waals surface area (Å²) < 4.78 is 18.4. The molecule has 1 aromatic rings. The van der Waals surface area contributed by atoms with Crippen molar-refractivity contribution in [2.45, 2.75) is 24.7 Å². The summed E-state index contributed by atoms with van der Waals surface area (Å²) in [5, 5.41) is 0. The normalized spacial score (nSPS) is 21.6. The van der Waals surface area contributed by atoms with E-state index in [2.05, 4.69) is 15.9 Å². The third-order valence-electron chi connectivity index (χ3n) is 2.86. The van der Waals surface area contributed by atoms with Crippen LogP contribution in [0.25, 0.3) is 0 Å². The highest BCUT2D eigenvalue weighted by Crippen LogP contribution is 2.24. The van der Waals surface area contributed by atoms with Crippen molar-refractivity contribution in [3.63, 3.8) is 0 Å². The Bertz CT molecular complexity index is 399. The molecule has 1 heterocycles. The van der Waals surface area contributed by atoms with Gasteiger partial charge in [-0.2, -0.15) is 0 Å². The molecular formula is C12H16BrNO2S. The topological polar surface area (TPSA) is 52.3 Å². The molecule has 2 atom stereocenters. The molecule has 0 saturated carbocycles. The van der Waals surface area contributed by atoms with Crippen LogP contribution in [0, 0.1) is 0 Å². The molecule has 0 radical (unpaired) electrons. The molecule has 1 aliphatic heterocycles. The number of nitrogens with two attached hydrogens (primary N) is 1. The van der Waals surface area contributed by atoms with Gasteiger partial charge < -0.3 is 10.5 Å². The summed E-state index contributed by atoms with van der Waals surface area (Å²) in [4.78, 5) is 0. The molecule has 1 saturated heterocycles. The largest absolute Gasteiger partial charge is 0.398 e. The molecular weight excluding hydrogens is 302 g/mol. The lowest BCUT2D eigenvalue weighted by Crippen LogP contribution is -2.17. The van der Waals surface area contributed by atoms with Gasteiger partial charge in [0.1, 0.15) is 0 Å². The zero-order chi connectivity index (χ0) is 12.3. The second kappa shape index (κ2) is 5.98. The standard InChI is InChI=1S/C12H16BrNO2S/c13-11-4-1-5-12(14)10(11)8-17(15)7-9-3-2-6-16-9/h1,4-5,9H,2-3,6-8,14H2.